The molecule has 0 aliphatic rings. The summed E-state index contributed by atoms with van der Waals surface area (Å²) in [5.74, 6) is 0. The zero-order valence-corrected chi connectivity index (χ0v) is 6.83. The molecule has 2 N–H and O–H groups in total. The summed E-state index contributed by atoms with van der Waals surface area (Å²) in [6, 6.07) is 0. The maximum atomic E-state index is 9.64. The van der Waals surface area contributed by atoms with Crippen LogP contribution in [0.1, 0.15) is 6.92 Å². The summed E-state index contributed by atoms with van der Waals surface area (Å²) in [5, 5.41) is 1.37. The van der Waals surface area contributed by atoms with Gasteiger partial charge in [0.15, 0.2) is 5.30 Å². The maximum absolute atomic E-state index is 9.64. The highest BCUT2D eigenvalue weighted by Crippen LogP contribution is 1.72. The summed E-state index contributed by atoms with van der Waals surface area (Å²) in [6.45, 7) is 2.09. The van der Waals surface area contributed by atoms with E-state index in [4.69, 9.17) is 0 Å². The molecule has 0 aliphatic carbocycles. The predicted octanol–water partition coefficient (Wildman–Crippen LogP) is -0.501. The monoisotopic (exact) mass is 151 g/mol. The summed E-state index contributed by atoms with van der Waals surface area (Å²) in [4.78, 5) is 9.64. The molecule has 56 valence electrons. The van der Waals surface area contributed by atoms with Crippen molar-refractivity contribution in [2.24, 2.45) is 0 Å². The van der Waals surface area contributed by atoms with E-state index < -0.39 is 5.30 Å². The molecule has 9 heavy (non-hydrogen) atoms. The number of carbonyl (C=O) groups is 1. The number of quaternary nitrogens is 1. The van der Waals surface area contributed by atoms with Gasteiger partial charge in [-0.05, 0) is 6.92 Å². The van der Waals surface area contributed by atoms with Gasteiger partial charge in [-0.3, -0.25) is 4.79 Å². The van der Waals surface area contributed by atoms with Crippen LogP contribution in [0.2, 0.25) is 0 Å². The van der Waals surface area contributed by atoms with Gasteiger partial charge in [0.1, 0.15) is 0 Å². The van der Waals surface area contributed by atoms with Crippen molar-refractivity contribution < 1.29 is 14.8 Å². The minimum atomic E-state index is -0.627. The molecule has 0 saturated carbocycles. The van der Waals surface area contributed by atoms with Crippen molar-refractivity contribution in [3.8, 4) is 0 Å². The fraction of sp³-hybridized carbons (Fsp3) is 0.800. The molecule has 4 heteroatoms. The van der Waals surface area contributed by atoms with Crippen LogP contribution in [0.25, 0.3) is 0 Å². The smallest absolute Gasteiger partial charge is 0.184 e. The third-order valence-corrected chi connectivity index (χ3v) is 0.380. The lowest BCUT2D eigenvalue weighted by Gasteiger charge is -2.00. The van der Waals surface area contributed by atoms with Crippen molar-refractivity contribution in [3.05, 3.63) is 0 Å². The van der Waals surface area contributed by atoms with E-state index in [0.29, 0.717) is 6.61 Å². The number of ether oxygens (including phenoxy) is 1. The molecule has 3 nitrogen and oxygen atoms in total. The van der Waals surface area contributed by atoms with E-state index >= 15 is 0 Å². The first-order valence-corrected chi connectivity index (χ1v) is 3.17. The number of hydrogen-bond donors (Lipinski definition) is 1. The fourth-order valence-electron chi connectivity index (χ4n) is 0.118. The van der Waals surface area contributed by atoms with Crippen LogP contribution < -0.4 is 5.32 Å². The van der Waals surface area contributed by atoms with Crippen molar-refractivity contribution in [1.29, 1.82) is 0 Å². The molecule has 0 unspecified atom stereocenters. The van der Waals surface area contributed by atoms with Gasteiger partial charge < -0.3 is 22.7 Å². The Morgan fingerprint density at radius 1 is 1.67 bits per heavy atom. The molecule has 0 heterocycles. The zero-order valence-electron chi connectivity index (χ0n) is 6.01. The highest BCUT2D eigenvalue weighted by atomic mass is 32.1. The Morgan fingerprint density at radius 2 is 2.00 bits per heavy atom. The Morgan fingerprint density at radius 3 is 2.00 bits per heavy atom. The van der Waals surface area contributed by atoms with E-state index in [9.17, 15) is 4.79 Å². The molecule has 0 aromatic carbocycles. The van der Waals surface area contributed by atoms with Crippen LogP contribution in [0, 0.1) is 0 Å². The van der Waals surface area contributed by atoms with Crippen molar-refractivity contribution in [2.45, 2.75) is 6.92 Å². The lowest BCUT2D eigenvalue weighted by Crippen LogP contribution is -2.74. The van der Waals surface area contributed by atoms with Crippen LogP contribution in [0.3, 0.4) is 0 Å². The van der Waals surface area contributed by atoms with Crippen molar-refractivity contribution in [3.63, 3.8) is 0 Å². The Balaban J connectivity index is 0. The van der Waals surface area contributed by atoms with E-state index in [1.807, 2.05) is 19.4 Å². The van der Waals surface area contributed by atoms with Crippen LogP contribution in [-0.2, 0) is 17.4 Å². The SMILES string of the molecule is CCOC(=O)[S-].C[NH2+]C. The molecule has 0 radical (unpaired) electrons. The first-order chi connectivity index (χ1) is 4.18. The number of carbonyl (C=O) groups excluding carboxylic acids is 1. The van der Waals surface area contributed by atoms with E-state index in [-0.39, 0.29) is 0 Å². The van der Waals surface area contributed by atoms with Gasteiger partial charge in [-0.2, -0.15) is 0 Å². The Kier molecular flexibility index (Phi) is 13.5. The van der Waals surface area contributed by atoms with Crippen LogP contribution in [0.4, 0.5) is 4.79 Å². The summed E-state index contributed by atoms with van der Waals surface area (Å²) >= 11 is 4.02. The predicted molar refractivity (Wildman–Crippen MR) is 38.2 cm³/mol. The summed E-state index contributed by atoms with van der Waals surface area (Å²) in [6.07, 6.45) is 0. The Labute approximate surface area is 61.2 Å². The molecular formula is C5H13NO2S. The van der Waals surface area contributed by atoms with Gasteiger partial charge in [0.25, 0.3) is 0 Å². The van der Waals surface area contributed by atoms with Crippen molar-refractivity contribution in [1.82, 2.24) is 0 Å². The van der Waals surface area contributed by atoms with Crippen LogP contribution >= 0.6 is 0 Å². The lowest BCUT2D eigenvalue weighted by molar-refractivity contribution is -0.597. The molecule has 0 aliphatic heterocycles. The van der Waals surface area contributed by atoms with E-state index in [1.54, 1.807) is 6.92 Å². The van der Waals surface area contributed by atoms with Crippen LogP contribution in [0.15, 0.2) is 0 Å². The Bertz CT molecular complexity index is 68.0. The first kappa shape index (κ1) is 11.4. The van der Waals surface area contributed by atoms with Crippen LogP contribution in [0.5, 0.6) is 0 Å². The van der Waals surface area contributed by atoms with Gasteiger partial charge in [0, 0.05) is 0 Å². The van der Waals surface area contributed by atoms with E-state index in [2.05, 4.69) is 17.4 Å². The molecule has 0 fully saturated rings. The highest BCUT2D eigenvalue weighted by Gasteiger charge is 1.69. The highest BCUT2D eigenvalue weighted by molar-refractivity contribution is 7.76. The quantitative estimate of drug-likeness (QED) is 0.406. The normalized spacial score (nSPS) is 7.00. The zero-order chi connectivity index (χ0) is 7.70. The van der Waals surface area contributed by atoms with Gasteiger partial charge >= 0.3 is 0 Å². The summed E-state index contributed by atoms with van der Waals surface area (Å²) in [5.41, 5.74) is 0. The minimum Gasteiger partial charge on any atom is -0.698 e. The molecule has 0 atom stereocenters. The molecule has 0 bridgehead atoms. The van der Waals surface area contributed by atoms with Gasteiger partial charge in [-0.25, -0.2) is 0 Å². The second-order valence-corrected chi connectivity index (χ2v) is 1.59. The molecular weight excluding hydrogens is 138 g/mol. The molecule has 0 aromatic heterocycles. The largest absolute Gasteiger partial charge is 0.698 e. The maximum Gasteiger partial charge on any atom is 0.184 e. The molecule has 0 saturated heterocycles. The van der Waals surface area contributed by atoms with Crippen LogP contribution in [-0.4, -0.2) is 26.0 Å². The Hall–Kier alpha value is -0.350. The van der Waals surface area contributed by atoms with Gasteiger partial charge in [0.2, 0.25) is 0 Å². The number of rotatable bonds is 1. The summed E-state index contributed by atoms with van der Waals surface area (Å²) < 4.78 is 4.22. The average molecular weight is 151 g/mol. The molecule has 0 spiro atoms. The third kappa shape index (κ3) is 34.8. The molecule has 0 rings (SSSR count). The summed E-state index contributed by atoms with van der Waals surface area (Å²) in [7, 11) is 4.00. The standard InChI is InChI=1S/C3H6O2S.C2H7N/c1-2-5-3(4)6;1-3-2/h2H2,1H3,(H,4,6);3H,1-2H3. The van der Waals surface area contributed by atoms with E-state index in [1.165, 1.54) is 0 Å². The average Bonchev–Trinajstić information content (AvgIpc) is 1.67. The van der Waals surface area contributed by atoms with Gasteiger partial charge in [0.05, 0.1) is 20.7 Å². The van der Waals surface area contributed by atoms with E-state index in [0.717, 1.165) is 0 Å². The third-order valence-electron chi connectivity index (χ3n) is 0.262. The number of hydrogen-bond acceptors (Lipinski definition) is 3. The second kappa shape index (κ2) is 10.6. The topological polar surface area (TPSA) is 42.9 Å². The fourth-order valence-corrected chi connectivity index (χ4v) is 0.236. The molecule has 0 amide bonds. The second-order valence-electron chi connectivity index (χ2n) is 1.26. The van der Waals surface area contributed by atoms with Gasteiger partial charge in [-0.15, -0.1) is 0 Å². The lowest BCUT2D eigenvalue weighted by atomic mass is 10.9. The minimum absolute atomic E-state index is 0.377. The van der Waals surface area contributed by atoms with Crippen molar-refractivity contribution >= 4 is 17.9 Å². The van der Waals surface area contributed by atoms with Gasteiger partial charge in [-0.1, -0.05) is 0 Å². The first-order valence-electron chi connectivity index (χ1n) is 2.76. The molecule has 0 aromatic rings. The van der Waals surface area contributed by atoms with Crippen molar-refractivity contribution in [2.75, 3.05) is 20.7 Å². The number of nitrogens with two attached hydrogens (primary N) is 1.